The third-order valence-electron chi connectivity index (χ3n) is 3.64. The standard InChI is InChI=1S/C17H19FN2O3/c1-12-7-8-15(20(12)3)17(22)23-11-16(21)19(2)10-13-5-4-6-14(18)9-13/h4-9H,10-11H2,1-3H3. The van der Waals surface area contributed by atoms with Crippen LogP contribution in [0.5, 0.6) is 0 Å². The number of carbonyl (C=O) groups is 2. The molecule has 5 nitrogen and oxygen atoms in total. The fourth-order valence-corrected chi connectivity index (χ4v) is 2.13. The average Bonchev–Trinajstić information content (AvgIpc) is 2.84. The molecule has 1 aromatic heterocycles. The van der Waals surface area contributed by atoms with Crippen LogP contribution in [-0.2, 0) is 23.1 Å². The van der Waals surface area contributed by atoms with Gasteiger partial charge in [-0.05, 0) is 36.8 Å². The van der Waals surface area contributed by atoms with Gasteiger partial charge in [-0.3, -0.25) is 4.79 Å². The van der Waals surface area contributed by atoms with Crippen molar-refractivity contribution in [3.05, 3.63) is 59.2 Å². The Morgan fingerprint density at radius 2 is 2.00 bits per heavy atom. The molecule has 1 aromatic carbocycles. The average molecular weight is 318 g/mol. The highest BCUT2D eigenvalue weighted by Crippen LogP contribution is 2.09. The van der Waals surface area contributed by atoms with E-state index >= 15 is 0 Å². The van der Waals surface area contributed by atoms with Gasteiger partial charge in [0.05, 0.1) is 0 Å². The molecule has 0 radical (unpaired) electrons. The number of ether oxygens (including phenoxy) is 1. The van der Waals surface area contributed by atoms with Gasteiger partial charge in [-0.15, -0.1) is 0 Å². The minimum Gasteiger partial charge on any atom is -0.451 e. The number of esters is 1. The topological polar surface area (TPSA) is 51.5 Å². The lowest BCUT2D eigenvalue weighted by Crippen LogP contribution is -2.31. The Bertz CT molecular complexity index is 724. The predicted molar refractivity (Wildman–Crippen MR) is 83.3 cm³/mol. The van der Waals surface area contributed by atoms with E-state index in [2.05, 4.69) is 0 Å². The monoisotopic (exact) mass is 318 g/mol. The molecule has 0 fully saturated rings. The Kier molecular flexibility index (Phi) is 5.16. The van der Waals surface area contributed by atoms with Gasteiger partial charge < -0.3 is 14.2 Å². The largest absolute Gasteiger partial charge is 0.451 e. The zero-order valence-electron chi connectivity index (χ0n) is 13.4. The van der Waals surface area contributed by atoms with Crippen LogP contribution in [0.25, 0.3) is 0 Å². The molecular formula is C17H19FN2O3. The first-order chi connectivity index (χ1) is 10.9. The summed E-state index contributed by atoms with van der Waals surface area (Å²) < 4.78 is 19.9. The molecule has 0 N–H and O–H groups in total. The maximum absolute atomic E-state index is 13.1. The molecule has 0 aliphatic carbocycles. The maximum atomic E-state index is 13.1. The van der Waals surface area contributed by atoms with Crippen molar-refractivity contribution in [1.29, 1.82) is 0 Å². The third kappa shape index (κ3) is 4.18. The van der Waals surface area contributed by atoms with Crippen LogP contribution in [0.3, 0.4) is 0 Å². The summed E-state index contributed by atoms with van der Waals surface area (Å²) in [4.78, 5) is 25.3. The van der Waals surface area contributed by atoms with E-state index in [1.54, 1.807) is 42.9 Å². The highest BCUT2D eigenvalue weighted by Gasteiger charge is 2.16. The Hall–Kier alpha value is -2.63. The van der Waals surface area contributed by atoms with Crippen molar-refractivity contribution in [1.82, 2.24) is 9.47 Å². The van der Waals surface area contributed by atoms with Gasteiger partial charge in [-0.25, -0.2) is 9.18 Å². The minimum atomic E-state index is -0.548. The molecule has 0 saturated carbocycles. The van der Waals surface area contributed by atoms with E-state index in [1.807, 2.05) is 6.92 Å². The zero-order chi connectivity index (χ0) is 17.0. The number of nitrogens with zero attached hydrogens (tertiary/aromatic N) is 2. The summed E-state index contributed by atoms with van der Waals surface area (Å²) in [6.45, 7) is 1.76. The van der Waals surface area contributed by atoms with E-state index in [1.165, 1.54) is 17.0 Å². The number of carbonyl (C=O) groups excluding carboxylic acids is 2. The highest BCUT2D eigenvalue weighted by molar-refractivity contribution is 5.90. The van der Waals surface area contributed by atoms with Gasteiger partial charge >= 0.3 is 5.97 Å². The molecule has 6 heteroatoms. The van der Waals surface area contributed by atoms with Crippen LogP contribution in [-0.4, -0.2) is 35.0 Å². The molecular weight excluding hydrogens is 299 g/mol. The summed E-state index contributed by atoms with van der Waals surface area (Å²) in [7, 11) is 3.33. The van der Waals surface area contributed by atoms with Gasteiger partial charge in [-0.1, -0.05) is 12.1 Å². The van der Waals surface area contributed by atoms with Crippen molar-refractivity contribution in [3.8, 4) is 0 Å². The fourth-order valence-electron chi connectivity index (χ4n) is 2.13. The van der Waals surface area contributed by atoms with Crippen molar-refractivity contribution in [3.63, 3.8) is 0 Å². The van der Waals surface area contributed by atoms with E-state index in [-0.39, 0.29) is 24.9 Å². The molecule has 23 heavy (non-hydrogen) atoms. The van der Waals surface area contributed by atoms with E-state index in [9.17, 15) is 14.0 Å². The molecule has 0 spiro atoms. The summed E-state index contributed by atoms with van der Waals surface area (Å²) in [6.07, 6.45) is 0. The number of benzene rings is 1. The second-order valence-electron chi connectivity index (χ2n) is 5.37. The van der Waals surface area contributed by atoms with Crippen LogP contribution < -0.4 is 0 Å². The molecule has 0 bridgehead atoms. The summed E-state index contributed by atoms with van der Waals surface area (Å²) in [5, 5.41) is 0. The zero-order valence-corrected chi connectivity index (χ0v) is 13.4. The van der Waals surface area contributed by atoms with Crippen LogP contribution in [0, 0.1) is 12.7 Å². The van der Waals surface area contributed by atoms with E-state index in [4.69, 9.17) is 4.74 Å². The Morgan fingerprint density at radius 3 is 2.61 bits per heavy atom. The number of hydrogen-bond donors (Lipinski definition) is 0. The Morgan fingerprint density at radius 1 is 1.26 bits per heavy atom. The number of amides is 1. The van der Waals surface area contributed by atoms with Crippen molar-refractivity contribution in [2.24, 2.45) is 7.05 Å². The molecule has 0 atom stereocenters. The molecule has 0 aliphatic rings. The van der Waals surface area contributed by atoms with Crippen molar-refractivity contribution in [2.75, 3.05) is 13.7 Å². The van der Waals surface area contributed by atoms with Gasteiger partial charge in [0, 0.05) is 26.3 Å². The third-order valence-corrected chi connectivity index (χ3v) is 3.64. The smallest absolute Gasteiger partial charge is 0.355 e. The first kappa shape index (κ1) is 16.7. The molecule has 0 unspecified atom stereocenters. The minimum absolute atomic E-state index is 0.247. The van der Waals surface area contributed by atoms with E-state index in [0.29, 0.717) is 11.3 Å². The predicted octanol–water partition coefficient (Wildman–Crippen LogP) is 2.29. The van der Waals surface area contributed by atoms with Crippen molar-refractivity contribution >= 4 is 11.9 Å². The Labute approximate surface area is 134 Å². The van der Waals surface area contributed by atoms with Gasteiger partial charge in [0.2, 0.25) is 0 Å². The van der Waals surface area contributed by atoms with Gasteiger partial charge in [-0.2, -0.15) is 0 Å². The number of rotatable bonds is 5. The second kappa shape index (κ2) is 7.09. The lowest BCUT2D eigenvalue weighted by molar-refractivity contribution is -0.133. The molecule has 1 heterocycles. The molecule has 0 aliphatic heterocycles. The van der Waals surface area contributed by atoms with E-state index in [0.717, 1.165) is 5.69 Å². The molecule has 122 valence electrons. The lowest BCUT2D eigenvalue weighted by atomic mass is 10.2. The molecule has 0 saturated heterocycles. The maximum Gasteiger partial charge on any atom is 0.355 e. The highest BCUT2D eigenvalue weighted by atomic mass is 19.1. The van der Waals surface area contributed by atoms with Crippen LogP contribution in [0.1, 0.15) is 21.7 Å². The quantitative estimate of drug-likeness (QED) is 0.795. The second-order valence-corrected chi connectivity index (χ2v) is 5.37. The van der Waals surface area contributed by atoms with Crippen LogP contribution >= 0.6 is 0 Å². The van der Waals surface area contributed by atoms with Gasteiger partial charge in [0.1, 0.15) is 11.5 Å². The number of halogens is 1. The van der Waals surface area contributed by atoms with Crippen molar-refractivity contribution in [2.45, 2.75) is 13.5 Å². The Balaban J connectivity index is 1.89. The normalized spacial score (nSPS) is 10.4. The van der Waals surface area contributed by atoms with Crippen molar-refractivity contribution < 1.29 is 18.7 Å². The number of likely N-dealkylation sites (N-methyl/N-ethyl adjacent to an activating group) is 1. The van der Waals surface area contributed by atoms with Gasteiger partial charge in [0.25, 0.3) is 5.91 Å². The van der Waals surface area contributed by atoms with Crippen LogP contribution in [0.4, 0.5) is 4.39 Å². The summed E-state index contributed by atoms with van der Waals surface area (Å²) in [6, 6.07) is 9.47. The summed E-state index contributed by atoms with van der Waals surface area (Å²) in [5.74, 6) is -1.25. The molecule has 2 aromatic rings. The number of aromatic nitrogens is 1. The summed E-state index contributed by atoms with van der Waals surface area (Å²) in [5.41, 5.74) is 1.99. The number of hydrogen-bond acceptors (Lipinski definition) is 3. The van der Waals surface area contributed by atoms with E-state index < -0.39 is 5.97 Å². The van der Waals surface area contributed by atoms with Crippen LogP contribution in [0.2, 0.25) is 0 Å². The number of aryl methyl sites for hydroxylation is 1. The SMILES string of the molecule is Cc1ccc(C(=O)OCC(=O)N(C)Cc2cccc(F)c2)n1C. The molecule has 2 rings (SSSR count). The van der Waals surface area contributed by atoms with Crippen LogP contribution in [0.15, 0.2) is 36.4 Å². The lowest BCUT2D eigenvalue weighted by Gasteiger charge is -2.17. The summed E-state index contributed by atoms with van der Waals surface area (Å²) >= 11 is 0. The first-order valence-corrected chi connectivity index (χ1v) is 7.16. The first-order valence-electron chi connectivity index (χ1n) is 7.16. The fraction of sp³-hybridized carbons (Fsp3) is 0.294. The molecule has 1 amide bonds. The van der Waals surface area contributed by atoms with Gasteiger partial charge in [0.15, 0.2) is 6.61 Å².